The number of hydrogen-bond donors (Lipinski definition) is 1. The summed E-state index contributed by atoms with van der Waals surface area (Å²) in [6, 6.07) is 5.73. The maximum atomic E-state index is 3.83. The number of fused-ring (bicyclic) bond motifs is 1. The fourth-order valence-electron chi connectivity index (χ4n) is 2.86. The van der Waals surface area contributed by atoms with E-state index in [1.165, 1.54) is 27.7 Å². The van der Waals surface area contributed by atoms with Crippen LogP contribution in [0.1, 0.15) is 41.8 Å². The summed E-state index contributed by atoms with van der Waals surface area (Å²) < 4.78 is 1.43. The van der Waals surface area contributed by atoms with Crippen molar-refractivity contribution in [2.75, 3.05) is 0 Å². The second-order valence-corrected chi connectivity index (χ2v) is 9.09. The van der Waals surface area contributed by atoms with E-state index in [1.807, 2.05) is 11.3 Å². The molecule has 3 rings (SSSR count). The normalized spacial score (nSPS) is 20.2. The van der Waals surface area contributed by atoms with Gasteiger partial charge in [-0.2, -0.15) is 11.3 Å². The maximum Gasteiger partial charge on any atom is 0.0659 e. The van der Waals surface area contributed by atoms with Crippen LogP contribution in [-0.4, -0.2) is 6.04 Å². The molecule has 0 saturated carbocycles. The fraction of sp³-hybridized carbons (Fsp3) is 0.467. The van der Waals surface area contributed by atoms with Crippen molar-refractivity contribution in [2.45, 2.75) is 44.7 Å². The molecule has 2 atom stereocenters. The molecule has 0 aliphatic heterocycles. The Kier molecular flexibility index (Phi) is 4.62. The van der Waals surface area contributed by atoms with Crippen molar-refractivity contribution in [2.24, 2.45) is 0 Å². The van der Waals surface area contributed by atoms with E-state index in [-0.39, 0.29) is 0 Å². The highest BCUT2D eigenvalue weighted by Gasteiger charge is 2.23. The van der Waals surface area contributed by atoms with E-state index in [4.69, 9.17) is 0 Å². The third-order valence-electron chi connectivity index (χ3n) is 3.69. The third-order valence-corrected chi connectivity index (χ3v) is 6.39. The SMILES string of the molecule is CC(Cc1ccsc1)NC1CCCc2sc(I)cc21. The van der Waals surface area contributed by atoms with Crippen LogP contribution >= 0.6 is 45.3 Å². The molecule has 4 heteroatoms. The topological polar surface area (TPSA) is 12.0 Å². The molecule has 2 heterocycles. The molecule has 1 aliphatic rings. The van der Waals surface area contributed by atoms with Gasteiger partial charge in [0.1, 0.15) is 0 Å². The highest BCUT2D eigenvalue weighted by molar-refractivity contribution is 14.1. The van der Waals surface area contributed by atoms with Crippen LogP contribution in [-0.2, 0) is 12.8 Å². The minimum atomic E-state index is 0.545. The molecule has 1 aliphatic carbocycles. The summed E-state index contributed by atoms with van der Waals surface area (Å²) in [6.45, 7) is 2.31. The van der Waals surface area contributed by atoms with Crippen molar-refractivity contribution in [3.8, 4) is 0 Å². The van der Waals surface area contributed by atoms with Crippen LogP contribution in [0.5, 0.6) is 0 Å². The molecule has 2 aromatic rings. The van der Waals surface area contributed by atoms with E-state index in [9.17, 15) is 0 Å². The lowest BCUT2D eigenvalue weighted by Gasteiger charge is -2.27. The Morgan fingerprint density at radius 3 is 3.21 bits per heavy atom. The van der Waals surface area contributed by atoms with Crippen molar-refractivity contribution in [1.29, 1.82) is 0 Å². The molecule has 2 aromatic heterocycles. The smallest absolute Gasteiger partial charge is 0.0659 e. The monoisotopic (exact) mass is 403 g/mol. The van der Waals surface area contributed by atoms with Gasteiger partial charge in [-0.25, -0.2) is 0 Å². The zero-order valence-electron chi connectivity index (χ0n) is 11.0. The lowest BCUT2D eigenvalue weighted by Crippen LogP contribution is -2.33. The molecule has 0 saturated heterocycles. The molecule has 0 amide bonds. The van der Waals surface area contributed by atoms with Crippen molar-refractivity contribution in [1.82, 2.24) is 5.32 Å². The molecular weight excluding hydrogens is 385 g/mol. The Bertz CT molecular complexity index is 532. The highest BCUT2D eigenvalue weighted by atomic mass is 127. The molecular formula is C15H18INS2. The molecule has 0 bridgehead atoms. The first-order valence-corrected chi connectivity index (χ1v) is 9.61. The average Bonchev–Trinajstić information content (AvgIpc) is 2.97. The molecule has 0 radical (unpaired) electrons. The van der Waals surface area contributed by atoms with Crippen molar-refractivity contribution >= 4 is 45.3 Å². The van der Waals surface area contributed by atoms with Gasteiger partial charge >= 0.3 is 0 Å². The van der Waals surface area contributed by atoms with Crippen molar-refractivity contribution < 1.29 is 0 Å². The minimum Gasteiger partial charge on any atom is -0.307 e. The van der Waals surface area contributed by atoms with Crippen LogP contribution in [0.3, 0.4) is 0 Å². The lowest BCUT2D eigenvalue weighted by molar-refractivity contribution is 0.410. The Morgan fingerprint density at radius 2 is 2.42 bits per heavy atom. The van der Waals surface area contributed by atoms with Gasteiger partial charge in [0.05, 0.1) is 2.88 Å². The van der Waals surface area contributed by atoms with Crippen molar-refractivity contribution in [3.05, 3.63) is 41.8 Å². The van der Waals surface area contributed by atoms with Crippen LogP contribution in [0.15, 0.2) is 22.9 Å². The molecule has 0 spiro atoms. The summed E-state index contributed by atoms with van der Waals surface area (Å²) in [4.78, 5) is 1.61. The van der Waals surface area contributed by atoms with Gasteiger partial charge in [0.15, 0.2) is 0 Å². The van der Waals surface area contributed by atoms with Gasteiger partial charge in [-0.15, -0.1) is 11.3 Å². The zero-order chi connectivity index (χ0) is 13.2. The van der Waals surface area contributed by atoms with Gasteiger partial charge in [0, 0.05) is 17.0 Å². The summed E-state index contributed by atoms with van der Waals surface area (Å²) >= 11 is 6.22. The number of nitrogens with one attached hydrogen (secondary N) is 1. The van der Waals surface area contributed by atoms with Crippen molar-refractivity contribution in [3.63, 3.8) is 0 Å². The molecule has 1 nitrogen and oxygen atoms in total. The summed E-state index contributed by atoms with van der Waals surface area (Å²) in [6.07, 6.45) is 5.02. The first-order chi connectivity index (χ1) is 9.22. The molecule has 19 heavy (non-hydrogen) atoms. The van der Waals surface area contributed by atoms with Crippen LogP contribution in [0.4, 0.5) is 0 Å². The summed E-state index contributed by atoms with van der Waals surface area (Å²) in [5, 5.41) is 8.27. The second-order valence-electron chi connectivity index (χ2n) is 5.28. The first kappa shape index (κ1) is 14.0. The predicted molar refractivity (Wildman–Crippen MR) is 93.3 cm³/mol. The van der Waals surface area contributed by atoms with E-state index >= 15 is 0 Å². The Hall–Kier alpha value is 0.0900. The average molecular weight is 403 g/mol. The quantitative estimate of drug-likeness (QED) is 0.708. The Morgan fingerprint density at radius 1 is 1.53 bits per heavy atom. The fourth-order valence-corrected chi connectivity index (χ4v) is 5.66. The number of aryl methyl sites for hydroxylation is 1. The third kappa shape index (κ3) is 3.40. The second kappa shape index (κ2) is 6.24. The number of thiophene rings is 2. The predicted octanol–water partition coefficient (Wildman–Crippen LogP) is 5.01. The molecule has 2 unspecified atom stereocenters. The van der Waals surface area contributed by atoms with E-state index in [0.29, 0.717) is 12.1 Å². The van der Waals surface area contributed by atoms with E-state index in [2.05, 4.69) is 57.7 Å². The number of hydrogen-bond acceptors (Lipinski definition) is 3. The maximum absolute atomic E-state index is 3.83. The van der Waals surface area contributed by atoms with Crippen LogP contribution in [0.25, 0.3) is 0 Å². The Labute approximate surface area is 136 Å². The molecule has 1 N–H and O–H groups in total. The zero-order valence-corrected chi connectivity index (χ0v) is 14.8. The molecule has 102 valence electrons. The van der Waals surface area contributed by atoms with Crippen LogP contribution in [0, 0.1) is 2.88 Å². The summed E-state index contributed by atoms with van der Waals surface area (Å²) in [7, 11) is 0. The molecule has 0 aromatic carbocycles. The lowest BCUT2D eigenvalue weighted by atomic mass is 9.93. The Balaban J connectivity index is 1.67. The van der Waals surface area contributed by atoms with Gasteiger partial charge < -0.3 is 5.32 Å². The minimum absolute atomic E-state index is 0.545. The number of rotatable bonds is 4. The summed E-state index contributed by atoms with van der Waals surface area (Å²) in [5.74, 6) is 0. The first-order valence-electron chi connectivity index (χ1n) is 6.77. The van der Waals surface area contributed by atoms with Gasteiger partial charge in [0.25, 0.3) is 0 Å². The van der Waals surface area contributed by atoms with E-state index < -0.39 is 0 Å². The van der Waals surface area contributed by atoms with Crippen LogP contribution < -0.4 is 5.32 Å². The molecule has 0 fully saturated rings. The van der Waals surface area contributed by atoms with E-state index in [0.717, 1.165) is 6.42 Å². The largest absolute Gasteiger partial charge is 0.307 e. The van der Waals surface area contributed by atoms with Gasteiger partial charge in [-0.1, -0.05) is 0 Å². The van der Waals surface area contributed by atoms with Gasteiger partial charge in [0.2, 0.25) is 0 Å². The van der Waals surface area contributed by atoms with Crippen LogP contribution in [0.2, 0.25) is 0 Å². The van der Waals surface area contributed by atoms with E-state index in [1.54, 1.807) is 21.8 Å². The highest BCUT2D eigenvalue weighted by Crippen LogP contribution is 2.36. The van der Waals surface area contributed by atoms with Gasteiger partial charge in [-0.05, 0) is 89.2 Å². The van der Waals surface area contributed by atoms with Gasteiger partial charge in [-0.3, -0.25) is 0 Å². The number of halogens is 1. The standard InChI is InChI=1S/C15H18INS2/c1-10(7-11-5-6-18-9-11)17-13-3-2-4-14-12(13)8-15(16)19-14/h5-6,8-10,13,17H,2-4,7H2,1H3. The summed E-state index contributed by atoms with van der Waals surface area (Å²) in [5.41, 5.74) is 3.03.